The normalized spacial score (nSPS) is 11.2. The van der Waals surface area contributed by atoms with E-state index in [1.807, 2.05) is 24.8 Å². The van der Waals surface area contributed by atoms with Crippen LogP contribution >= 0.6 is 0 Å². The van der Waals surface area contributed by atoms with Crippen LogP contribution < -0.4 is 10.2 Å². The molecule has 0 saturated carbocycles. The Morgan fingerprint density at radius 3 is 2.58 bits per heavy atom. The molecule has 1 heterocycles. The minimum atomic E-state index is -0.0961. The molecular weight excluding hydrogens is 240 g/mol. The van der Waals surface area contributed by atoms with Crippen LogP contribution in [0.5, 0.6) is 0 Å². The molecule has 0 atom stereocenters. The standard InChI is InChI=1S/C14H24N4O/c1-6-15-12(19)10-18(7-2)11-8-9-16-13(17-11)14(3,4)5/h8-9H,6-7,10H2,1-5H3,(H,15,19). The second kappa shape index (κ2) is 6.50. The number of aromatic nitrogens is 2. The van der Waals surface area contributed by atoms with Crippen molar-refractivity contribution < 1.29 is 4.79 Å². The summed E-state index contributed by atoms with van der Waals surface area (Å²) in [6.45, 7) is 11.9. The number of nitrogens with zero attached hydrogens (tertiary/aromatic N) is 3. The predicted octanol–water partition coefficient (Wildman–Crippen LogP) is 1.74. The lowest BCUT2D eigenvalue weighted by molar-refractivity contribution is -0.119. The van der Waals surface area contributed by atoms with Crippen molar-refractivity contribution in [3.63, 3.8) is 0 Å². The maximum Gasteiger partial charge on any atom is 0.239 e. The Hall–Kier alpha value is -1.65. The molecule has 1 N–H and O–H groups in total. The number of amides is 1. The van der Waals surface area contributed by atoms with Crippen LogP contribution in [-0.2, 0) is 10.2 Å². The lowest BCUT2D eigenvalue weighted by Gasteiger charge is -2.23. The average Bonchev–Trinajstić information content (AvgIpc) is 2.35. The predicted molar refractivity (Wildman–Crippen MR) is 77.3 cm³/mol. The van der Waals surface area contributed by atoms with Crippen LogP contribution in [0.4, 0.5) is 5.82 Å². The first-order valence-electron chi connectivity index (χ1n) is 6.73. The van der Waals surface area contributed by atoms with Crippen molar-refractivity contribution in [3.8, 4) is 0 Å². The molecule has 0 fully saturated rings. The van der Waals surface area contributed by atoms with Crippen LogP contribution in [0.2, 0.25) is 0 Å². The molecule has 0 aliphatic heterocycles. The van der Waals surface area contributed by atoms with Gasteiger partial charge in [0, 0.05) is 24.7 Å². The first kappa shape index (κ1) is 15.4. The quantitative estimate of drug-likeness (QED) is 0.880. The molecule has 106 valence electrons. The number of anilines is 1. The van der Waals surface area contributed by atoms with Crippen molar-refractivity contribution in [3.05, 3.63) is 18.1 Å². The van der Waals surface area contributed by atoms with Crippen molar-refractivity contribution in [2.24, 2.45) is 0 Å². The zero-order chi connectivity index (χ0) is 14.5. The molecule has 1 aromatic heterocycles. The van der Waals surface area contributed by atoms with Crippen LogP contribution in [0.3, 0.4) is 0 Å². The Balaban J connectivity index is 2.90. The summed E-state index contributed by atoms with van der Waals surface area (Å²) in [5, 5.41) is 2.80. The number of hydrogen-bond acceptors (Lipinski definition) is 4. The molecule has 0 unspecified atom stereocenters. The van der Waals surface area contributed by atoms with Gasteiger partial charge in [-0.25, -0.2) is 9.97 Å². The van der Waals surface area contributed by atoms with Gasteiger partial charge in [0.2, 0.25) is 5.91 Å². The third kappa shape index (κ3) is 4.50. The lowest BCUT2D eigenvalue weighted by atomic mass is 9.96. The van der Waals surface area contributed by atoms with E-state index in [2.05, 4.69) is 36.1 Å². The van der Waals surface area contributed by atoms with Gasteiger partial charge in [0.25, 0.3) is 0 Å². The molecule has 0 aliphatic rings. The van der Waals surface area contributed by atoms with Gasteiger partial charge in [-0.2, -0.15) is 0 Å². The van der Waals surface area contributed by atoms with E-state index in [0.717, 1.165) is 18.2 Å². The van der Waals surface area contributed by atoms with E-state index in [4.69, 9.17) is 0 Å². The van der Waals surface area contributed by atoms with E-state index in [9.17, 15) is 4.79 Å². The van der Waals surface area contributed by atoms with Crippen molar-refractivity contribution in [1.29, 1.82) is 0 Å². The number of carbonyl (C=O) groups excluding carboxylic acids is 1. The van der Waals surface area contributed by atoms with Crippen LogP contribution in [0.15, 0.2) is 12.3 Å². The maximum absolute atomic E-state index is 11.7. The summed E-state index contributed by atoms with van der Waals surface area (Å²) in [5.74, 6) is 1.60. The van der Waals surface area contributed by atoms with Crippen molar-refractivity contribution in [2.45, 2.75) is 40.0 Å². The summed E-state index contributed by atoms with van der Waals surface area (Å²) in [6.07, 6.45) is 1.75. The number of nitrogens with one attached hydrogen (secondary N) is 1. The van der Waals surface area contributed by atoms with E-state index in [-0.39, 0.29) is 11.3 Å². The Morgan fingerprint density at radius 2 is 2.05 bits per heavy atom. The topological polar surface area (TPSA) is 58.1 Å². The number of hydrogen-bond donors (Lipinski definition) is 1. The third-order valence-electron chi connectivity index (χ3n) is 2.73. The van der Waals surface area contributed by atoms with E-state index in [0.29, 0.717) is 13.1 Å². The van der Waals surface area contributed by atoms with Crippen molar-refractivity contribution >= 4 is 11.7 Å². The molecule has 0 aliphatic carbocycles. The lowest BCUT2D eigenvalue weighted by Crippen LogP contribution is -2.37. The van der Waals surface area contributed by atoms with Crippen LogP contribution in [-0.4, -0.2) is 35.5 Å². The van der Waals surface area contributed by atoms with E-state index in [1.165, 1.54) is 0 Å². The van der Waals surface area contributed by atoms with E-state index in [1.54, 1.807) is 6.20 Å². The van der Waals surface area contributed by atoms with Crippen molar-refractivity contribution in [1.82, 2.24) is 15.3 Å². The number of rotatable bonds is 5. The molecule has 0 saturated heterocycles. The molecule has 19 heavy (non-hydrogen) atoms. The molecule has 0 bridgehead atoms. The Kier molecular flexibility index (Phi) is 5.27. The van der Waals surface area contributed by atoms with Gasteiger partial charge < -0.3 is 10.2 Å². The third-order valence-corrected chi connectivity index (χ3v) is 2.73. The van der Waals surface area contributed by atoms with Gasteiger partial charge in [-0.3, -0.25) is 4.79 Å². The zero-order valence-corrected chi connectivity index (χ0v) is 12.5. The fraction of sp³-hybridized carbons (Fsp3) is 0.643. The van der Waals surface area contributed by atoms with Crippen LogP contribution in [0, 0.1) is 0 Å². The molecule has 1 amide bonds. The fourth-order valence-corrected chi connectivity index (χ4v) is 1.67. The molecule has 5 nitrogen and oxygen atoms in total. The second-order valence-electron chi connectivity index (χ2n) is 5.46. The first-order chi connectivity index (χ1) is 8.88. The summed E-state index contributed by atoms with van der Waals surface area (Å²) in [5.41, 5.74) is -0.0961. The maximum atomic E-state index is 11.7. The molecule has 1 aromatic rings. The average molecular weight is 264 g/mol. The minimum Gasteiger partial charge on any atom is -0.355 e. The summed E-state index contributed by atoms with van der Waals surface area (Å²) in [7, 11) is 0. The van der Waals surface area contributed by atoms with Crippen LogP contribution in [0.1, 0.15) is 40.4 Å². The molecule has 1 rings (SSSR count). The van der Waals surface area contributed by atoms with Crippen LogP contribution in [0.25, 0.3) is 0 Å². The Bertz CT molecular complexity index is 426. The second-order valence-corrected chi connectivity index (χ2v) is 5.46. The van der Waals surface area contributed by atoms with E-state index < -0.39 is 0 Å². The number of carbonyl (C=O) groups is 1. The minimum absolute atomic E-state index is 0.0141. The monoisotopic (exact) mass is 264 g/mol. The van der Waals surface area contributed by atoms with E-state index >= 15 is 0 Å². The highest BCUT2D eigenvalue weighted by Gasteiger charge is 2.19. The van der Waals surface area contributed by atoms with Gasteiger partial charge in [-0.15, -0.1) is 0 Å². The molecule has 0 spiro atoms. The highest BCUT2D eigenvalue weighted by atomic mass is 16.2. The fourth-order valence-electron chi connectivity index (χ4n) is 1.67. The Morgan fingerprint density at radius 1 is 1.37 bits per heavy atom. The van der Waals surface area contributed by atoms with Gasteiger partial charge >= 0.3 is 0 Å². The first-order valence-corrected chi connectivity index (χ1v) is 6.73. The van der Waals surface area contributed by atoms with Gasteiger partial charge in [0.15, 0.2) is 0 Å². The van der Waals surface area contributed by atoms with Gasteiger partial charge in [-0.05, 0) is 19.9 Å². The molecular formula is C14H24N4O. The zero-order valence-electron chi connectivity index (χ0n) is 12.5. The summed E-state index contributed by atoms with van der Waals surface area (Å²) in [4.78, 5) is 22.5. The Labute approximate surface area is 115 Å². The SMILES string of the molecule is CCNC(=O)CN(CC)c1ccnc(C(C)(C)C)n1. The van der Waals surface area contributed by atoms with Gasteiger partial charge in [0.1, 0.15) is 11.6 Å². The molecule has 5 heteroatoms. The van der Waals surface area contributed by atoms with Crippen molar-refractivity contribution in [2.75, 3.05) is 24.5 Å². The highest BCUT2D eigenvalue weighted by Crippen LogP contribution is 2.20. The summed E-state index contributed by atoms with van der Waals surface area (Å²) in [6, 6.07) is 1.85. The highest BCUT2D eigenvalue weighted by molar-refractivity contribution is 5.80. The smallest absolute Gasteiger partial charge is 0.239 e. The molecule has 0 aromatic carbocycles. The largest absolute Gasteiger partial charge is 0.355 e. The number of likely N-dealkylation sites (N-methyl/N-ethyl adjacent to an activating group) is 2. The summed E-state index contributed by atoms with van der Waals surface area (Å²) >= 11 is 0. The van der Waals surface area contributed by atoms with Gasteiger partial charge in [-0.1, -0.05) is 20.8 Å². The summed E-state index contributed by atoms with van der Waals surface area (Å²) < 4.78 is 0. The van der Waals surface area contributed by atoms with Gasteiger partial charge in [0.05, 0.1) is 6.54 Å². The molecule has 0 radical (unpaired) electrons.